The van der Waals surface area contributed by atoms with Crippen LogP contribution >= 0.6 is 0 Å². The van der Waals surface area contributed by atoms with Gasteiger partial charge in [0.05, 0.1) is 0 Å². The predicted molar refractivity (Wildman–Crippen MR) is 130 cm³/mol. The summed E-state index contributed by atoms with van der Waals surface area (Å²) in [7, 11) is 0. The molecule has 4 heteroatoms. The van der Waals surface area contributed by atoms with Crippen LogP contribution in [-0.4, -0.2) is 17.7 Å². The average molecular weight is 429 g/mol. The Morgan fingerprint density at radius 3 is 1.81 bits per heavy atom. The Bertz CT molecular complexity index is 1070. The number of pyridine rings is 1. The number of nitrogens with zero attached hydrogens (tertiary/aromatic N) is 1. The van der Waals surface area contributed by atoms with Gasteiger partial charge < -0.3 is 4.74 Å². The van der Waals surface area contributed by atoms with Crippen molar-refractivity contribution < 1.29 is 9.53 Å². The van der Waals surface area contributed by atoms with Gasteiger partial charge in [-0.15, -0.1) is 0 Å². The minimum absolute atomic E-state index is 0.00721. The highest BCUT2D eigenvalue weighted by Crippen LogP contribution is 2.47. The average Bonchev–Trinajstić information content (AvgIpc) is 3.04. The first-order chi connectivity index (χ1) is 15.0. The smallest absolute Gasteiger partial charge is 0.411 e. The van der Waals surface area contributed by atoms with Crippen LogP contribution in [0.5, 0.6) is 0 Å². The Morgan fingerprint density at radius 2 is 1.34 bits per heavy atom. The van der Waals surface area contributed by atoms with Crippen molar-refractivity contribution in [1.82, 2.24) is 4.98 Å². The highest BCUT2D eigenvalue weighted by atomic mass is 16.5. The summed E-state index contributed by atoms with van der Waals surface area (Å²) >= 11 is 0. The summed E-state index contributed by atoms with van der Waals surface area (Å²) in [5, 5.41) is 2.78. The number of rotatable bonds is 3. The molecular weight excluding hydrogens is 396 g/mol. The van der Waals surface area contributed by atoms with Crippen LogP contribution in [0.15, 0.2) is 60.9 Å². The van der Waals surface area contributed by atoms with E-state index in [1.807, 2.05) is 0 Å². The number of anilines is 1. The number of amides is 1. The van der Waals surface area contributed by atoms with Gasteiger partial charge in [-0.2, -0.15) is 0 Å². The van der Waals surface area contributed by atoms with Crippen molar-refractivity contribution in [3.8, 4) is 11.1 Å². The quantitative estimate of drug-likeness (QED) is 0.487. The van der Waals surface area contributed by atoms with E-state index in [1.54, 1.807) is 24.5 Å². The molecule has 1 aliphatic rings. The lowest BCUT2D eigenvalue weighted by Gasteiger charge is -2.22. The summed E-state index contributed by atoms with van der Waals surface area (Å²) in [5.74, 6) is 0.00721. The third-order valence-corrected chi connectivity index (χ3v) is 6.18. The second kappa shape index (κ2) is 8.09. The zero-order chi connectivity index (χ0) is 23.1. The molecule has 2 aromatic carbocycles. The Labute approximate surface area is 191 Å². The number of carbonyl (C=O) groups excluding carboxylic acids is 1. The summed E-state index contributed by atoms with van der Waals surface area (Å²) < 4.78 is 5.72. The highest BCUT2D eigenvalue weighted by Gasteiger charge is 2.32. The molecule has 1 aromatic heterocycles. The molecule has 0 radical (unpaired) electrons. The van der Waals surface area contributed by atoms with Crippen molar-refractivity contribution in [2.75, 3.05) is 11.9 Å². The van der Waals surface area contributed by atoms with Crippen LogP contribution in [0.1, 0.15) is 69.7 Å². The first-order valence-corrected chi connectivity index (χ1v) is 11.2. The molecule has 1 aliphatic carbocycles. The van der Waals surface area contributed by atoms with Crippen molar-refractivity contribution in [2.45, 2.75) is 58.3 Å². The molecule has 1 N–H and O–H groups in total. The lowest BCUT2D eigenvalue weighted by atomic mass is 9.83. The van der Waals surface area contributed by atoms with E-state index in [0.29, 0.717) is 5.69 Å². The monoisotopic (exact) mass is 428 g/mol. The summed E-state index contributed by atoms with van der Waals surface area (Å²) in [6.07, 6.45) is 2.83. The van der Waals surface area contributed by atoms with Crippen LogP contribution in [-0.2, 0) is 15.6 Å². The van der Waals surface area contributed by atoms with E-state index < -0.39 is 6.09 Å². The van der Waals surface area contributed by atoms with Gasteiger partial charge in [0.25, 0.3) is 0 Å². The molecule has 0 saturated carbocycles. The van der Waals surface area contributed by atoms with E-state index in [2.05, 4.69) is 88.2 Å². The number of fused-ring (bicyclic) bond motifs is 3. The largest absolute Gasteiger partial charge is 0.448 e. The molecular formula is C28H32N2O2. The summed E-state index contributed by atoms with van der Waals surface area (Å²) in [5.41, 5.74) is 8.26. The normalized spacial score (nSPS) is 13.4. The maximum Gasteiger partial charge on any atom is 0.411 e. The Hall–Kier alpha value is -3.14. The fourth-order valence-electron chi connectivity index (χ4n) is 4.22. The van der Waals surface area contributed by atoms with Crippen molar-refractivity contribution in [2.24, 2.45) is 0 Å². The first-order valence-electron chi connectivity index (χ1n) is 11.2. The van der Waals surface area contributed by atoms with Gasteiger partial charge in [-0.25, -0.2) is 4.79 Å². The number of carbonyl (C=O) groups is 1. The first kappa shape index (κ1) is 22.1. The molecule has 1 heterocycles. The highest BCUT2D eigenvalue weighted by molar-refractivity contribution is 5.85. The van der Waals surface area contributed by atoms with E-state index >= 15 is 0 Å². The minimum atomic E-state index is -0.454. The minimum Gasteiger partial charge on any atom is -0.448 e. The van der Waals surface area contributed by atoms with Crippen LogP contribution < -0.4 is 5.32 Å². The maximum atomic E-state index is 12.5. The summed E-state index contributed by atoms with van der Waals surface area (Å²) in [6, 6.07) is 17.0. The summed E-state index contributed by atoms with van der Waals surface area (Å²) in [6.45, 7) is 13.6. The molecule has 3 aromatic rings. The van der Waals surface area contributed by atoms with Crippen LogP contribution in [0.25, 0.3) is 11.1 Å². The lowest BCUT2D eigenvalue weighted by molar-refractivity contribution is 0.158. The third kappa shape index (κ3) is 4.40. The predicted octanol–water partition coefficient (Wildman–Crippen LogP) is 7.04. The van der Waals surface area contributed by atoms with Crippen LogP contribution in [0.4, 0.5) is 10.5 Å². The molecule has 4 nitrogen and oxygen atoms in total. The van der Waals surface area contributed by atoms with Gasteiger partial charge in [0, 0.05) is 24.0 Å². The fraction of sp³-hybridized carbons (Fsp3) is 0.357. The van der Waals surface area contributed by atoms with Gasteiger partial charge in [-0.1, -0.05) is 77.9 Å². The molecule has 0 atom stereocenters. The van der Waals surface area contributed by atoms with Crippen molar-refractivity contribution in [3.05, 3.63) is 83.2 Å². The van der Waals surface area contributed by atoms with Gasteiger partial charge in [0.1, 0.15) is 6.61 Å². The second-order valence-electron chi connectivity index (χ2n) is 10.6. The molecule has 0 saturated heterocycles. The van der Waals surface area contributed by atoms with Gasteiger partial charge in [-0.05, 0) is 56.3 Å². The van der Waals surface area contributed by atoms with E-state index in [0.717, 1.165) is 0 Å². The topological polar surface area (TPSA) is 51.2 Å². The number of nitrogens with one attached hydrogen (secondary N) is 1. The Kier molecular flexibility index (Phi) is 5.58. The number of hydrogen-bond acceptors (Lipinski definition) is 3. The second-order valence-corrected chi connectivity index (χ2v) is 10.6. The van der Waals surface area contributed by atoms with Crippen molar-refractivity contribution in [3.63, 3.8) is 0 Å². The van der Waals surface area contributed by atoms with Crippen molar-refractivity contribution >= 4 is 11.8 Å². The van der Waals surface area contributed by atoms with Gasteiger partial charge in [0.15, 0.2) is 0 Å². The van der Waals surface area contributed by atoms with Crippen LogP contribution in [0.3, 0.4) is 0 Å². The zero-order valence-electron chi connectivity index (χ0n) is 19.8. The maximum absolute atomic E-state index is 12.5. The molecule has 0 bridgehead atoms. The van der Waals surface area contributed by atoms with E-state index in [4.69, 9.17) is 4.74 Å². The van der Waals surface area contributed by atoms with Gasteiger partial charge in [0.2, 0.25) is 0 Å². The Balaban J connectivity index is 1.67. The van der Waals surface area contributed by atoms with Crippen LogP contribution in [0, 0.1) is 0 Å². The van der Waals surface area contributed by atoms with E-state index in [1.165, 1.54) is 33.4 Å². The molecule has 32 heavy (non-hydrogen) atoms. The zero-order valence-corrected chi connectivity index (χ0v) is 19.8. The van der Waals surface area contributed by atoms with Gasteiger partial charge >= 0.3 is 6.09 Å². The van der Waals surface area contributed by atoms with Crippen molar-refractivity contribution in [1.29, 1.82) is 0 Å². The lowest BCUT2D eigenvalue weighted by Crippen LogP contribution is -2.19. The Morgan fingerprint density at radius 1 is 0.844 bits per heavy atom. The molecule has 166 valence electrons. The van der Waals surface area contributed by atoms with Gasteiger partial charge in [-0.3, -0.25) is 10.3 Å². The number of ether oxygens (including phenoxy) is 1. The molecule has 4 rings (SSSR count). The molecule has 0 fully saturated rings. The summed E-state index contributed by atoms with van der Waals surface area (Å²) in [4.78, 5) is 16.5. The van der Waals surface area contributed by atoms with E-state index in [-0.39, 0.29) is 23.4 Å². The van der Waals surface area contributed by atoms with E-state index in [9.17, 15) is 4.79 Å². The number of benzene rings is 2. The third-order valence-electron chi connectivity index (χ3n) is 6.18. The molecule has 0 unspecified atom stereocenters. The number of hydrogen-bond donors (Lipinski definition) is 1. The standard InChI is InChI=1S/C28H32N2O2/c1-27(2,3)18-7-9-21-22-10-8-19(28(4,5)6)16-24(22)25(23(21)15-18)17-32-26(31)30-20-11-13-29-14-12-20/h7-16,25H,17H2,1-6H3,(H,29,30,31). The SMILES string of the molecule is CC(C)(C)c1ccc2c(c1)C(COC(=O)Nc1ccncc1)c1cc(C(C)(C)C)ccc1-2. The molecule has 1 amide bonds. The molecule has 0 aliphatic heterocycles. The molecule has 0 spiro atoms. The van der Waals surface area contributed by atoms with Crippen LogP contribution in [0.2, 0.25) is 0 Å². The fourth-order valence-corrected chi connectivity index (χ4v) is 4.22. The number of aromatic nitrogens is 1.